The minimum absolute atomic E-state index is 0.0273. The van der Waals surface area contributed by atoms with E-state index in [1.165, 1.54) is 12.1 Å². The van der Waals surface area contributed by atoms with Crippen LogP contribution < -0.4 is 4.90 Å². The molecular formula is C42H29F4N5. The average molecular weight is 680 g/mol. The van der Waals surface area contributed by atoms with Gasteiger partial charge in [0.2, 0.25) is 23.8 Å². The van der Waals surface area contributed by atoms with Gasteiger partial charge in [-0.3, -0.25) is 9.97 Å². The molecule has 0 spiro atoms. The van der Waals surface area contributed by atoms with E-state index < -0.39 is 29.2 Å². The van der Waals surface area contributed by atoms with E-state index in [-0.39, 0.29) is 22.5 Å². The first-order valence-electron chi connectivity index (χ1n) is 16.3. The van der Waals surface area contributed by atoms with Crippen LogP contribution in [0.2, 0.25) is 0 Å². The van der Waals surface area contributed by atoms with Crippen molar-refractivity contribution in [2.45, 2.75) is 26.2 Å². The summed E-state index contributed by atoms with van der Waals surface area (Å²) in [5, 5.41) is 0. The molecule has 0 amide bonds. The van der Waals surface area contributed by atoms with E-state index in [1.54, 1.807) is 24.3 Å². The van der Waals surface area contributed by atoms with Crippen LogP contribution in [0, 0.1) is 44.6 Å². The number of benzene rings is 3. The molecule has 8 rings (SSSR count). The summed E-state index contributed by atoms with van der Waals surface area (Å²) in [5.74, 6) is -3.86. The van der Waals surface area contributed by atoms with Crippen molar-refractivity contribution in [3.63, 3.8) is 0 Å². The highest BCUT2D eigenvalue weighted by molar-refractivity contribution is 5.91. The van der Waals surface area contributed by atoms with Crippen molar-refractivity contribution in [3.8, 4) is 22.5 Å². The SMILES string of the molecule is Cc1cc(C)c(N2c3ccccc3C(c3cccc(-c4ccc(F)nc4F)n3)(c3cccc(-c4ccc(F)nc4F)n3)c3ccccc32)c(C)c1. The summed E-state index contributed by atoms with van der Waals surface area (Å²) >= 11 is 0. The first-order valence-corrected chi connectivity index (χ1v) is 16.3. The summed E-state index contributed by atoms with van der Waals surface area (Å²) in [6.07, 6.45) is 0. The number of halogens is 4. The Morgan fingerprint density at radius 3 is 1.39 bits per heavy atom. The standard InChI is InChI=1S/C42H29F4N5/c1-24-22-25(2)39(26(3)23-24)51-33-14-6-4-10-29(33)42(30-11-5-7-15-34(30)51,35-16-8-12-31(47-35)27-18-20-37(43)49-40(27)45)36-17-9-13-32(48-36)28-19-21-38(44)50-41(28)46/h4-23H,1-3H3. The molecule has 250 valence electrons. The Hall–Kier alpha value is -6.22. The molecule has 1 aliphatic rings. The summed E-state index contributed by atoms with van der Waals surface area (Å²) in [5.41, 5.74) is 7.94. The van der Waals surface area contributed by atoms with Crippen LogP contribution in [0.25, 0.3) is 22.5 Å². The Morgan fingerprint density at radius 1 is 0.490 bits per heavy atom. The number of hydrogen-bond acceptors (Lipinski definition) is 5. The monoisotopic (exact) mass is 679 g/mol. The van der Waals surface area contributed by atoms with Gasteiger partial charge in [-0.25, -0.2) is 0 Å². The van der Waals surface area contributed by atoms with Gasteiger partial charge in [0.1, 0.15) is 5.41 Å². The molecule has 5 heterocycles. The predicted molar refractivity (Wildman–Crippen MR) is 189 cm³/mol. The molecule has 7 aromatic rings. The maximum Gasteiger partial charge on any atom is 0.224 e. The highest BCUT2D eigenvalue weighted by Gasteiger charge is 2.49. The molecule has 3 aromatic carbocycles. The number of fused-ring (bicyclic) bond motifs is 2. The third-order valence-electron chi connectivity index (χ3n) is 9.40. The largest absolute Gasteiger partial charge is 0.309 e. The molecule has 0 bridgehead atoms. The number of pyridine rings is 4. The van der Waals surface area contributed by atoms with E-state index in [1.807, 2.05) is 60.7 Å². The van der Waals surface area contributed by atoms with E-state index in [2.05, 4.69) is 47.8 Å². The van der Waals surface area contributed by atoms with Gasteiger partial charge in [-0.2, -0.15) is 27.5 Å². The third-order valence-corrected chi connectivity index (χ3v) is 9.40. The molecular weight excluding hydrogens is 650 g/mol. The van der Waals surface area contributed by atoms with Crippen LogP contribution in [-0.4, -0.2) is 19.9 Å². The molecule has 1 aliphatic heterocycles. The van der Waals surface area contributed by atoms with E-state index in [9.17, 15) is 8.78 Å². The van der Waals surface area contributed by atoms with Crippen LogP contribution in [0.3, 0.4) is 0 Å². The van der Waals surface area contributed by atoms with Gasteiger partial charge >= 0.3 is 0 Å². The zero-order chi connectivity index (χ0) is 35.4. The molecule has 0 fully saturated rings. The van der Waals surface area contributed by atoms with Crippen molar-refractivity contribution in [1.29, 1.82) is 0 Å². The smallest absolute Gasteiger partial charge is 0.224 e. The number of para-hydroxylation sites is 2. The van der Waals surface area contributed by atoms with E-state index >= 15 is 8.78 Å². The normalized spacial score (nSPS) is 13.1. The van der Waals surface area contributed by atoms with Crippen LogP contribution >= 0.6 is 0 Å². The molecule has 5 nitrogen and oxygen atoms in total. The van der Waals surface area contributed by atoms with E-state index in [4.69, 9.17) is 9.97 Å². The fourth-order valence-corrected chi connectivity index (χ4v) is 7.49. The van der Waals surface area contributed by atoms with Crippen LogP contribution in [0.1, 0.15) is 39.2 Å². The maximum atomic E-state index is 15.2. The van der Waals surface area contributed by atoms with Gasteiger partial charge in [0.05, 0.1) is 51.0 Å². The maximum absolute atomic E-state index is 15.2. The second-order valence-corrected chi connectivity index (χ2v) is 12.6. The fourth-order valence-electron chi connectivity index (χ4n) is 7.49. The highest BCUT2D eigenvalue weighted by Crippen LogP contribution is 2.58. The fraction of sp³-hybridized carbons (Fsp3) is 0.0952. The lowest BCUT2D eigenvalue weighted by molar-refractivity contribution is 0.514. The predicted octanol–water partition coefficient (Wildman–Crippen LogP) is 10.2. The lowest BCUT2D eigenvalue weighted by atomic mass is 9.65. The Labute approximate surface area is 292 Å². The van der Waals surface area contributed by atoms with Gasteiger partial charge < -0.3 is 4.90 Å². The van der Waals surface area contributed by atoms with Crippen molar-refractivity contribution in [1.82, 2.24) is 19.9 Å². The lowest BCUT2D eigenvalue weighted by Gasteiger charge is -2.45. The second-order valence-electron chi connectivity index (χ2n) is 12.6. The van der Waals surface area contributed by atoms with Gasteiger partial charge in [-0.1, -0.05) is 66.2 Å². The van der Waals surface area contributed by atoms with E-state index in [0.717, 1.165) is 57.0 Å². The van der Waals surface area contributed by atoms with Crippen LogP contribution in [0.5, 0.6) is 0 Å². The number of rotatable bonds is 5. The van der Waals surface area contributed by atoms with Gasteiger partial charge in [0.25, 0.3) is 0 Å². The summed E-state index contributed by atoms with van der Waals surface area (Å²) in [4.78, 5) is 19.2. The van der Waals surface area contributed by atoms with Crippen molar-refractivity contribution in [2.75, 3.05) is 4.90 Å². The van der Waals surface area contributed by atoms with E-state index in [0.29, 0.717) is 11.4 Å². The van der Waals surface area contributed by atoms with Gasteiger partial charge in [0, 0.05) is 0 Å². The Kier molecular flexibility index (Phi) is 7.71. The molecule has 0 aliphatic carbocycles. The molecule has 0 unspecified atom stereocenters. The topological polar surface area (TPSA) is 54.8 Å². The van der Waals surface area contributed by atoms with Crippen LogP contribution in [0.4, 0.5) is 34.6 Å². The van der Waals surface area contributed by atoms with Crippen molar-refractivity contribution in [3.05, 3.63) is 184 Å². The van der Waals surface area contributed by atoms with Gasteiger partial charge in [0.15, 0.2) is 0 Å². The number of aryl methyl sites for hydroxylation is 3. The number of hydrogen-bond donors (Lipinski definition) is 0. The first kappa shape index (κ1) is 32.0. The number of aromatic nitrogens is 4. The molecule has 0 atom stereocenters. The van der Waals surface area contributed by atoms with Crippen LogP contribution in [-0.2, 0) is 5.41 Å². The number of nitrogens with zero attached hydrogens (tertiary/aromatic N) is 5. The molecule has 0 saturated heterocycles. The molecule has 0 saturated carbocycles. The third kappa shape index (κ3) is 5.15. The quantitative estimate of drug-likeness (QED) is 0.134. The Balaban J connectivity index is 1.49. The molecule has 0 radical (unpaired) electrons. The summed E-state index contributed by atoms with van der Waals surface area (Å²) in [6.45, 7) is 6.26. The summed E-state index contributed by atoms with van der Waals surface area (Å²) in [7, 11) is 0. The van der Waals surface area contributed by atoms with Crippen molar-refractivity contribution >= 4 is 17.1 Å². The average Bonchev–Trinajstić information content (AvgIpc) is 3.11. The lowest BCUT2D eigenvalue weighted by Crippen LogP contribution is -2.39. The highest BCUT2D eigenvalue weighted by atomic mass is 19.1. The Bertz CT molecular complexity index is 2330. The first-order chi connectivity index (χ1) is 24.7. The van der Waals surface area contributed by atoms with Crippen molar-refractivity contribution < 1.29 is 17.6 Å². The zero-order valence-electron chi connectivity index (χ0n) is 27.8. The minimum atomic E-state index is -1.25. The summed E-state index contributed by atoms with van der Waals surface area (Å²) in [6, 6.07) is 35.6. The molecule has 0 N–H and O–H groups in total. The van der Waals surface area contributed by atoms with Crippen LogP contribution in [0.15, 0.2) is 121 Å². The van der Waals surface area contributed by atoms with Crippen molar-refractivity contribution in [2.24, 2.45) is 0 Å². The number of anilines is 3. The molecule has 4 aromatic heterocycles. The zero-order valence-corrected chi connectivity index (χ0v) is 27.8. The summed E-state index contributed by atoms with van der Waals surface area (Å²) < 4.78 is 58.1. The van der Waals surface area contributed by atoms with Gasteiger partial charge in [-0.05, 0) is 104 Å². The molecule has 9 heteroatoms. The minimum Gasteiger partial charge on any atom is -0.309 e. The second kappa shape index (κ2) is 12.3. The van der Waals surface area contributed by atoms with Gasteiger partial charge in [-0.15, -0.1) is 0 Å². The Morgan fingerprint density at radius 2 is 0.941 bits per heavy atom. The molecule has 51 heavy (non-hydrogen) atoms.